The van der Waals surface area contributed by atoms with Crippen molar-refractivity contribution in [3.8, 4) is 0 Å². The molecule has 1 amide bonds. The maximum absolute atomic E-state index is 13.2. The highest BCUT2D eigenvalue weighted by molar-refractivity contribution is 6.08. The van der Waals surface area contributed by atoms with Gasteiger partial charge in [-0.1, -0.05) is 18.2 Å². The number of guanidine groups is 1. The third-order valence-corrected chi connectivity index (χ3v) is 6.95. The minimum absolute atomic E-state index is 0.0347. The second-order valence-electron chi connectivity index (χ2n) is 8.24. The molecule has 3 aliphatic carbocycles. The van der Waals surface area contributed by atoms with Crippen molar-refractivity contribution in [2.24, 2.45) is 16.1 Å². The zero-order valence-electron chi connectivity index (χ0n) is 14.7. The van der Waals surface area contributed by atoms with Gasteiger partial charge in [0.15, 0.2) is 11.5 Å². The summed E-state index contributed by atoms with van der Waals surface area (Å²) in [7, 11) is 1.78. The van der Waals surface area contributed by atoms with E-state index in [2.05, 4.69) is 23.5 Å². The van der Waals surface area contributed by atoms with Crippen LogP contribution >= 0.6 is 0 Å². The number of ether oxygens (including phenoxy) is 1. The van der Waals surface area contributed by atoms with E-state index in [9.17, 15) is 4.79 Å². The van der Waals surface area contributed by atoms with Crippen LogP contribution in [-0.2, 0) is 21.5 Å². The zero-order valence-corrected chi connectivity index (χ0v) is 14.7. The minimum atomic E-state index is -0.837. The first-order chi connectivity index (χ1) is 12.1. The highest BCUT2D eigenvalue weighted by Crippen LogP contribution is 2.61. The van der Waals surface area contributed by atoms with Crippen LogP contribution in [0.4, 0.5) is 0 Å². The van der Waals surface area contributed by atoms with E-state index in [-0.39, 0.29) is 17.3 Å². The molecule has 1 unspecified atom stereocenters. The number of nitrogens with zero attached hydrogens (tertiary/aromatic N) is 1. The summed E-state index contributed by atoms with van der Waals surface area (Å²) in [5, 5.41) is 2.81. The number of fused-ring (bicyclic) bond motifs is 3. The molecule has 5 rings (SSSR count). The molecule has 1 atom stereocenters. The molecule has 1 aromatic rings. The fourth-order valence-electron chi connectivity index (χ4n) is 5.46. The van der Waals surface area contributed by atoms with E-state index in [0.717, 1.165) is 37.7 Å². The van der Waals surface area contributed by atoms with Gasteiger partial charge in [0.2, 0.25) is 0 Å². The standard InChI is InChI=1S/C20H25N3O2/c1-25-15-6-8-19(9-7-15)11-14-5-4-13(12-2-3-12)10-16(14)20(19)17(24)22-18(21)23-20/h4-5,10,12,15H,2-3,6-9,11H2,1H3,(H3,21,22,23,24). The number of methoxy groups -OCH3 is 1. The van der Waals surface area contributed by atoms with Crippen LogP contribution in [0.1, 0.15) is 61.1 Å². The van der Waals surface area contributed by atoms with Gasteiger partial charge in [0.25, 0.3) is 5.91 Å². The molecule has 1 aliphatic heterocycles. The minimum Gasteiger partial charge on any atom is -0.381 e. The Bertz CT molecular complexity index is 775. The number of hydrogen-bond acceptors (Lipinski definition) is 4. The van der Waals surface area contributed by atoms with Crippen molar-refractivity contribution >= 4 is 11.9 Å². The van der Waals surface area contributed by atoms with Crippen molar-refractivity contribution < 1.29 is 9.53 Å². The number of aliphatic imine (C=N–C) groups is 1. The number of benzene rings is 1. The van der Waals surface area contributed by atoms with Gasteiger partial charge in [-0.2, -0.15) is 0 Å². The third-order valence-electron chi connectivity index (χ3n) is 6.95. The van der Waals surface area contributed by atoms with Crippen LogP contribution in [0, 0.1) is 5.41 Å². The lowest BCUT2D eigenvalue weighted by Gasteiger charge is -2.44. The lowest BCUT2D eigenvalue weighted by molar-refractivity contribution is -0.130. The third kappa shape index (κ3) is 1.99. The maximum Gasteiger partial charge on any atom is 0.259 e. The number of carbonyl (C=O) groups excluding carboxylic acids is 1. The summed E-state index contributed by atoms with van der Waals surface area (Å²) in [6, 6.07) is 6.75. The summed E-state index contributed by atoms with van der Waals surface area (Å²) >= 11 is 0. The van der Waals surface area contributed by atoms with E-state index in [1.807, 2.05) is 0 Å². The van der Waals surface area contributed by atoms with E-state index < -0.39 is 5.54 Å². The van der Waals surface area contributed by atoms with Crippen molar-refractivity contribution in [2.45, 2.75) is 62.5 Å². The normalized spacial score (nSPS) is 36.6. The van der Waals surface area contributed by atoms with Gasteiger partial charge in [0.05, 0.1) is 6.10 Å². The molecular weight excluding hydrogens is 314 g/mol. The molecule has 5 heteroatoms. The molecule has 0 bridgehead atoms. The van der Waals surface area contributed by atoms with Crippen LogP contribution in [0.15, 0.2) is 23.2 Å². The Morgan fingerprint density at radius 2 is 2.00 bits per heavy atom. The average molecular weight is 339 g/mol. The SMILES string of the molecule is COC1CCC2(CC1)Cc1ccc(C3CC3)cc1C21N=C(N)NC1=O. The quantitative estimate of drug-likeness (QED) is 0.868. The molecule has 132 valence electrons. The van der Waals surface area contributed by atoms with E-state index in [1.165, 1.54) is 24.0 Å². The molecule has 2 saturated carbocycles. The van der Waals surface area contributed by atoms with Crippen molar-refractivity contribution in [2.75, 3.05) is 7.11 Å². The molecule has 0 aromatic heterocycles. The number of carbonyl (C=O) groups is 1. The van der Waals surface area contributed by atoms with Gasteiger partial charge in [-0.3, -0.25) is 10.1 Å². The van der Waals surface area contributed by atoms with E-state index in [0.29, 0.717) is 12.0 Å². The van der Waals surface area contributed by atoms with E-state index in [4.69, 9.17) is 15.5 Å². The van der Waals surface area contributed by atoms with Crippen LogP contribution < -0.4 is 11.1 Å². The van der Waals surface area contributed by atoms with Gasteiger partial charge in [-0.15, -0.1) is 0 Å². The molecule has 1 aromatic carbocycles. The molecule has 2 fully saturated rings. The Kier molecular flexibility index (Phi) is 3.12. The number of nitrogens with one attached hydrogen (secondary N) is 1. The lowest BCUT2D eigenvalue weighted by Crippen LogP contribution is -2.51. The number of rotatable bonds is 2. The first kappa shape index (κ1) is 15.4. The Morgan fingerprint density at radius 1 is 1.24 bits per heavy atom. The summed E-state index contributed by atoms with van der Waals surface area (Å²) in [5.74, 6) is 0.893. The molecular formula is C20H25N3O2. The van der Waals surface area contributed by atoms with Gasteiger partial charge >= 0.3 is 0 Å². The Morgan fingerprint density at radius 3 is 2.60 bits per heavy atom. The second kappa shape index (κ2) is 5.07. The highest BCUT2D eigenvalue weighted by Gasteiger charge is 2.65. The Labute approximate surface area is 148 Å². The molecule has 25 heavy (non-hydrogen) atoms. The Balaban J connectivity index is 1.65. The largest absolute Gasteiger partial charge is 0.381 e. The predicted molar refractivity (Wildman–Crippen MR) is 95.3 cm³/mol. The number of nitrogens with two attached hydrogens (primary N) is 1. The smallest absolute Gasteiger partial charge is 0.259 e. The molecule has 0 saturated heterocycles. The van der Waals surface area contributed by atoms with Crippen LogP contribution in [0.2, 0.25) is 0 Å². The molecule has 1 heterocycles. The van der Waals surface area contributed by atoms with E-state index >= 15 is 0 Å². The van der Waals surface area contributed by atoms with Gasteiger partial charge in [0.1, 0.15) is 0 Å². The summed E-state index contributed by atoms with van der Waals surface area (Å²) in [6.45, 7) is 0. The van der Waals surface area contributed by atoms with E-state index in [1.54, 1.807) is 7.11 Å². The van der Waals surface area contributed by atoms with Crippen LogP contribution in [0.3, 0.4) is 0 Å². The predicted octanol–water partition coefficient (Wildman–Crippen LogP) is 2.34. The van der Waals surface area contributed by atoms with Crippen molar-refractivity contribution in [3.63, 3.8) is 0 Å². The van der Waals surface area contributed by atoms with Gasteiger partial charge in [0, 0.05) is 12.5 Å². The molecule has 0 radical (unpaired) electrons. The zero-order chi connectivity index (χ0) is 17.2. The van der Waals surface area contributed by atoms with Gasteiger partial charge in [-0.25, -0.2) is 4.99 Å². The van der Waals surface area contributed by atoms with Crippen LogP contribution in [-0.4, -0.2) is 25.1 Å². The number of hydrogen-bond donors (Lipinski definition) is 2. The lowest BCUT2D eigenvalue weighted by atomic mass is 9.61. The summed E-state index contributed by atoms with van der Waals surface area (Å²) < 4.78 is 5.57. The Hall–Kier alpha value is -1.88. The molecule has 4 aliphatic rings. The molecule has 2 spiro atoms. The summed E-state index contributed by atoms with van der Waals surface area (Å²) in [6.07, 6.45) is 7.56. The highest BCUT2D eigenvalue weighted by atomic mass is 16.5. The topological polar surface area (TPSA) is 76.7 Å². The van der Waals surface area contributed by atoms with Crippen molar-refractivity contribution in [1.29, 1.82) is 0 Å². The van der Waals surface area contributed by atoms with Gasteiger partial charge < -0.3 is 10.5 Å². The van der Waals surface area contributed by atoms with Crippen molar-refractivity contribution in [3.05, 3.63) is 34.9 Å². The maximum atomic E-state index is 13.2. The van der Waals surface area contributed by atoms with Crippen LogP contribution in [0.25, 0.3) is 0 Å². The average Bonchev–Trinajstić information content (AvgIpc) is 3.36. The first-order valence-electron chi connectivity index (χ1n) is 9.41. The first-order valence-corrected chi connectivity index (χ1v) is 9.41. The number of amides is 1. The fraction of sp³-hybridized carbons (Fsp3) is 0.600. The summed E-state index contributed by atoms with van der Waals surface area (Å²) in [5.41, 5.74) is 8.71. The molecule has 5 nitrogen and oxygen atoms in total. The van der Waals surface area contributed by atoms with Crippen molar-refractivity contribution in [1.82, 2.24) is 5.32 Å². The van der Waals surface area contributed by atoms with Crippen LogP contribution in [0.5, 0.6) is 0 Å². The fourth-order valence-corrected chi connectivity index (χ4v) is 5.46. The monoisotopic (exact) mass is 339 g/mol. The molecule has 3 N–H and O–H groups in total. The second-order valence-corrected chi connectivity index (χ2v) is 8.24. The van der Waals surface area contributed by atoms with Gasteiger partial charge in [-0.05, 0) is 67.6 Å². The summed E-state index contributed by atoms with van der Waals surface area (Å²) in [4.78, 5) is 17.9.